The molecule has 2 aromatic rings. The summed E-state index contributed by atoms with van der Waals surface area (Å²) in [6.07, 6.45) is 1.89. The van der Waals surface area contributed by atoms with Crippen molar-refractivity contribution in [3.05, 3.63) is 65.2 Å². The van der Waals surface area contributed by atoms with Gasteiger partial charge in [0.2, 0.25) is 0 Å². The van der Waals surface area contributed by atoms with Crippen molar-refractivity contribution in [3.8, 4) is 5.75 Å². The van der Waals surface area contributed by atoms with Gasteiger partial charge in [-0.2, -0.15) is 0 Å². The Bertz CT molecular complexity index is 849. The van der Waals surface area contributed by atoms with Crippen molar-refractivity contribution >= 4 is 11.9 Å². The first-order chi connectivity index (χ1) is 15.0. The Morgan fingerprint density at radius 1 is 1.10 bits per heavy atom. The fourth-order valence-corrected chi connectivity index (χ4v) is 3.14. The van der Waals surface area contributed by atoms with Gasteiger partial charge in [-0.05, 0) is 61.1 Å². The summed E-state index contributed by atoms with van der Waals surface area (Å²) >= 11 is 0. The van der Waals surface area contributed by atoms with E-state index in [0.29, 0.717) is 18.0 Å². The van der Waals surface area contributed by atoms with Gasteiger partial charge in [-0.25, -0.2) is 0 Å². The number of guanidine groups is 1. The molecule has 2 rings (SSSR count). The molecule has 2 atom stereocenters. The molecular weight excluding hydrogens is 388 g/mol. The van der Waals surface area contributed by atoms with Crippen LogP contribution in [-0.2, 0) is 6.54 Å². The van der Waals surface area contributed by atoms with E-state index in [2.05, 4.69) is 46.9 Å². The molecule has 0 aliphatic carbocycles. The summed E-state index contributed by atoms with van der Waals surface area (Å²) in [7, 11) is 3.44. The molecule has 2 unspecified atom stereocenters. The smallest absolute Gasteiger partial charge is 0.251 e. The quantitative estimate of drug-likeness (QED) is 0.397. The lowest BCUT2D eigenvalue weighted by Gasteiger charge is -2.16. The highest BCUT2D eigenvalue weighted by molar-refractivity contribution is 5.94. The number of amides is 1. The standard InChI is InChI=1S/C25H36N4O2/c1-6-19(3)29-24(30)22-9-7-8-20(16-22)17-28-25(26-4)27-15-14-18(2)21-10-12-23(31-5)13-11-21/h7-13,16,18-19H,6,14-15,17H2,1-5H3,(H,29,30)(H2,26,27,28). The van der Waals surface area contributed by atoms with Crippen molar-refractivity contribution in [3.63, 3.8) is 0 Å². The second-order valence-electron chi connectivity index (χ2n) is 7.80. The summed E-state index contributed by atoms with van der Waals surface area (Å²) in [6, 6.07) is 16.1. The van der Waals surface area contributed by atoms with Crippen LogP contribution < -0.4 is 20.7 Å². The number of methoxy groups -OCH3 is 1. The molecule has 0 fully saturated rings. The molecule has 0 heterocycles. The molecule has 31 heavy (non-hydrogen) atoms. The monoisotopic (exact) mass is 424 g/mol. The van der Waals surface area contributed by atoms with Crippen LogP contribution in [0.15, 0.2) is 53.5 Å². The molecule has 0 spiro atoms. The number of rotatable bonds is 10. The third-order valence-electron chi connectivity index (χ3n) is 5.42. The average Bonchev–Trinajstić information content (AvgIpc) is 2.81. The first-order valence-electron chi connectivity index (χ1n) is 10.9. The predicted octanol–water partition coefficient (Wildman–Crippen LogP) is 4.08. The second kappa shape index (κ2) is 12.6. The maximum Gasteiger partial charge on any atom is 0.251 e. The van der Waals surface area contributed by atoms with Gasteiger partial charge in [0.25, 0.3) is 5.91 Å². The fourth-order valence-electron chi connectivity index (χ4n) is 3.14. The SMILES string of the molecule is CCC(C)NC(=O)c1cccc(CNC(=NC)NCCC(C)c2ccc(OC)cc2)c1. The van der Waals surface area contributed by atoms with Gasteiger partial charge in [0.15, 0.2) is 5.96 Å². The minimum absolute atomic E-state index is 0.0359. The summed E-state index contributed by atoms with van der Waals surface area (Å²) in [5.74, 6) is 2.01. The number of hydrogen-bond acceptors (Lipinski definition) is 3. The van der Waals surface area contributed by atoms with Crippen LogP contribution in [-0.4, -0.2) is 38.6 Å². The van der Waals surface area contributed by atoms with E-state index in [4.69, 9.17) is 4.74 Å². The molecule has 1 amide bonds. The molecular formula is C25H36N4O2. The van der Waals surface area contributed by atoms with E-state index >= 15 is 0 Å². The van der Waals surface area contributed by atoms with Crippen molar-refractivity contribution < 1.29 is 9.53 Å². The van der Waals surface area contributed by atoms with Gasteiger partial charge in [-0.15, -0.1) is 0 Å². The van der Waals surface area contributed by atoms with E-state index in [1.807, 2.05) is 43.3 Å². The summed E-state index contributed by atoms with van der Waals surface area (Å²) in [5, 5.41) is 9.70. The van der Waals surface area contributed by atoms with E-state index in [1.165, 1.54) is 5.56 Å². The lowest BCUT2D eigenvalue weighted by Crippen LogP contribution is -2.37. The molecule has 3 N–H and O–H groups in total. The number of carbonyl (C=O) groups is 1. The van der Waals surface area contributed by atoms with Crippen LogP contribution in [0.2, 0.25) is 0 Å². The first kappa shape index (κ1) is 24.3. The number of aliphatic imine (C=N–C) groups is 1. The number of hydrogen-bond donors (Lipinski definition) is 3. The van der Waals surface area contributed by atoms with E-state index < -0.39 is 0 Å². The van der Waals surface area contributed by atoms with Gasteiger partial charge in [-0.1, -0.05) is 38.1 Å². The summed E-state index contributed by atoms with van der Waals surface area (Å²) in [6.45, 7) is 7.69. The van der Waals surface area contributed by atoms with Crippen molar-refractivity contribution in [1.29, 1.82) is 0 Å². The highest BCUT2D eigenvalue weighted by Crippen LogP contribution is 2.21. The molecule has 0 bridgehead atoms. The van der Waals surface area contributed by atoms with Crippen molar-refractivity contribution in [1.82, 2.24) is 16.0 Å². The number of carbonyl (C=O) groups excluding carboxylic acids is 1. The Balaban J connectivity index is 1.81. The Labute approximate surface area is 186 Å². The third-order valence-corrected chi connectivity index (χ3v) is 5.42. The number of nitrogens with zero attached hydrogens (tertiary/aromatic N) is 1. The van der Waals surface area contributed by atoms with E-state index in [1.54, 1.807) is 14.2 Å². The van der Waals surface area contributed by atoms with Gasteiger partial charge in [0.1, 0.15) is 5.75 Å². The maximum absolute atomic E-state index is 12.3. The Hall–Kier alpha value is -3.02. The second-order valence-corrected chi connectivity index (χ2v) is 7.80. The van der Waals surface area contributed by atoms with Crippen molar-refractivity contribution in [2.75, 3.05) is 20.7 Å². The molecule has 168 valence electrons. The molecule has 6 nitrogen and oxygen atoms in total. The largest absolute Gasteiger partial charge is 0.497 e. The Kier molecular flexibility index (Phi) is 9.88. The molecule has 6 heteroatoms. The van der Waals surface area contributed by atoms with Crippen LogP contribution in [0.5, 0.6) is 5.75 Å². The van der Waals surface area contributed by atoms with Gasteiger partial charge in [0, 0.05) is 31.7 Å². The van der Waals surface area contributed by atoms with Crippen molar-refractivity contribution in [2.45, 2.75) is 52.1 Å². The van der Waals surface area contributed by atoms with Gasteiger partial charge >= 0.3 is 0 Å². The van der Waals surface area contributed by atoms with E-state index in [-0.39, 0.29) is 11.9 Å². The van der Waals surface area contributed by atoms with E-state index in [9.17, 15) is 4.79 Å². The lowest BCUT2D eigenvalue weighted by atomic mass is 9.98. The molecule has 0 radical (unpaired) electrons. The molecule has 0 saturated heterocycles. The summed E-state index contributed by atoms with van der Waals surface area (Å²) in [4.78, 5) is 16.6. The molecule has 2 aromatic carbocycles. The summed E-state index contributed by atoms with van der Waals surface area (Å²) in [5.41, 5.74) is 3.00. The maximum atomic E-state index is 12.3. The highest BCUT2D eigenvalue weighted by Gasteiger charge is 2.10. The van der Waals surface area contributed by atoms with Crippen LogP contribution in [0, 0.1) is 0 Å². The molecule has 0 aliphatic rings. The van der Waals surface area contributed by atoms with Crippen molar-refractivity contribution in [2.24, 2.45) is 4.99 Å². The zero-order chi connectivity index (χ0) is 22.6. The third kappa shape index (κ3) is 7.96. The zero-order valence-electron chi connectivity index (χ0n) is 19.4. The number of benzene rings is 2. The highest BCUT2D eigenvalue weighted by atomic mass is 16.5. The van der Waals surface area contributed by atoms with Crippen LogP contribution in [0.3, 0.4) is 0 Å². The fraction of sp³-hybridized carbons (Fsp3) is 0.440. The van der Waals surface area contributed by atoms with E-state index in [0.717, 1.165) is 36.7 Å². The predicted molar refractivity (Wildman–Crippen MR) is 128 cm³/mol. The average molecular weight is 425 g/mol. The normalized spacial score (nSPS) is 13.3. The molecule has 0 aliphatic heterocycles. The number of nitrogens with one attached hydrogen (secondary N) is 3. The number of ether oxygens (including phenoxy) is 1. The van der Waals surface area contributed by atoms with Gasteiger partial charge in [0.05, 0.1) is 7.11 Å². The molecule has 0 saturated carbocycles. The van der Waals surface area contributed by atoms with Gasteiger partial charge in [-0.3, -0.25) is 9.79 Å². The molecule has 0 aromatic heterocycles. The first-order valence-corrected chi connectivity index (χ1v) is 10.9. The minimum atomic E-state index is -0.0359. The topological polar surface area (TPSA) is 74.8 Å². The van der Waals surface area contributed by atoms with Crippen LogP contribution in [0.25, 0.3) is 0 Å². The van der Waals surface area contributed by atoms with Crippen LogP contribution in [0.4, 0.5) is 0 Å². The lowest BCUT2D eigenvalue weighted by molar-refractivity contribution is 0.0939. The Morgan fingerprint density at radius 3 is 2.48 bits per heavy atom. The zero-order valence-corrected chi connectivity index (χ0v) is 19.4. The van der Waals surface area contributed by atoms with Crippen LogP contribution >= 0.6 is 0 Å². The van der Waals surface area contributed by atoms with Crippen LogP contribution in [0.1, 0.15) is 61.0 Å². The Morgan fingerprint density at radius 2 is 1.84 bits per heavy atom. The van der Waals surface area contributed by atoms with Gasteiger partial charge < -0.3 is 20.7 Å². The summed E-state index contributed by atoms with van der Waals surface area (Å²) < 4.78 is 5.22. The minimum Gasteiger partial charge on any atom is -0.497 e.